The predicted molar refractivity (Wildman–Crippen MR) is 114 cm³/mol. The number of carbonyl (C=O) groups excluding carboxylic acids is 2. The molecule has 2 amide bonds. The van der Waals surface area contributed by atoms with Crippen LogP contribution in [0, 0.1) is 12.3 Å². The minimum atomic E-state index is -0.507. The standard InChI is InChI=1S/C23H34N2O4/c1-15-17-9-11-24(21(27)29-23(5,6)7)10-8-16(17)14-18-19(15)25(12-13-28-18)20(26)22(2,3)4/h14H,8-13H2,1-7H3. The minimum absolute atomic E-state index is 0.106. The van der Waals surface area contributed by atoms with Crippen LogP contribution < -0.4 is 9.64 Å². The maximum atomic E-state index is 13.0. The number of ether oxygens (including phenoxy) is 2. The average molecular weight is 403 g/mol. The van der Waals surface area contributed by atoms with E-state index in [0.717, 1.165) is 29.8 Å². The number of carbonyl (C=O) groups is 2. The van der Waals surface area contributed by atoms with Gasteiger partial charge in [-0.15, -0.1) is 0 Å². The summed E-state index contributed by atoms with van der Waals surface area (Å²) in [6.45, 7) is 15.8. The van der Waals surface area contributed by atoms with Gasteiger partial charge in [0.05, 0.1) is 12.2 Å². The number of rotatable bonds is 0. The zero-order valence-corrected chi connectivity index (χ0v) is 18.8. The molecule has 0 unspecified atom stereocenters. The SMILES string of the molecule is Cc1c2c(cc3c1N(C(=O)C(C)(C)C)CCO3)CCN(C(=O)OC(C)(C)C)CC2. The number of hydrogen-bond donors (Lipinski definition) is 0. The second kappa shape index (κ2) is 7.54. The molecule has 6 nitrogen and oxygen atoms in total. The third-order valence-corrected chi connectivity index (χ3v) is 5.40. The quantitative estimate of drug-likeness (QED) is 0.655. The maximum Gasteiger partial charge on any atom is 0.410 e. The molecule has 0 aliphatic carbocycles. The summed E-state index contributed by atoms with van der Waals surface area (Å²) in [6.07, 6.45) is 1.22. The van der Waals surface area contributed by atoms with E-state index in [0.29, 0.717) is 26.2 Å². The van der Waals surface area contributed by atoms with E-state index in [9.17, 15) is 9.59 Å². The van der Waals surface area contributed by atoms with Crippen LogP contribution in [0.4, 0.5) is 10.5 Å². The van der Waals surface area contributed by atoms with Gasteiger partial charge in [0.15, 0.2) is 0 Å². The molecular formula is C23H34N2O4. The van der Waals surface area contributed by atoms with Crippen LogP contribution in [0.5, 0.6) is 5.75 Å². The molecule has 0 saturated carbocycles. The summed E-state index contributed by atoms with van der Waals surface area (Å²) in [6, 6.07) is 2.07. The highest BCUT2D eigenvalue weighted by molar-refractivity contribution is 5.99. The molecule has 160 valence electrons. The van der Waals surface area contributed by atoms with Crippen molar-refractivity contribution in [2.24, 2.45) is 5.41 Å². The molecule has 2 aliphatic heterocycles. The fourth-order valence-corrected chi connectivity index (χ4v) is 3.99. The Morgan fingerprint density at radius 1 is 1.03 bits per heavy atom. The molecule has 0 bridgehead atoms. The van der Waals surface area contributed by atoms with E-state index in [1.807, 2.05) is 46.4 Å². The Balaban J connectivity index is 1.91. The molecule has 29 heavy (non-hydrogen) atoms. The number of hydrogen-bond acceptors (Lipinski definition) is 4. The van der Waals surface area contributed by atoms with Crippen molar-refractivity contribution in [3.63, 3.8) is 0 Å². The van der Waals surface area contributed by atoms with Crippen LogP contribution in [-0.4, -0.2) is 48.7 Å². The number of amides is 2. The van der Waals surface area contributed by atoms with Gasteiger partial charge >= 0.3 is 6.09 Å². The van der Waals surface area contributed by atoms with Crippen LogP contribution in [0.25, 0.3) is 0 Å². The average Bonchev–Trinajstić information content (AvgIpc) is 2.81. The van der Waals surface area contributed by atoms with Crippen molar-refractivity contribution in [2.75, 3.05) is 31.1 Å². The molecule has 1 aromatic carbocycles. The predicted octanol–water partition coefficient (Wildman–Crippen LogP) is 4.10. The van der Waals surface area contributed by atoms with Gasteiger partial charge in [-0.2, -0.15) is 0 Å². The van der Waals surface area contributed by atoms with Crippen LogP contribution in [0.15, 0.2) is 6.07 Å². The van der Waals surface area contributed by atoms with E-state index in [1.165, 1.54) is 11.1 Å². The third kappa shape index (κ3) is 4.51. The first-order valence-electron chi connectivity index (χ1n) is 10.5. The highest BCUT2D eigenvalue weighted by atomic mass is 16.6. The van der Waals surface area contributed by atoms with Gasteiger partial charge in [0.1, 0.15) is 18.0 Å². The van der Waals surface area contributed by atoms with E-state index in [4.69, 9.17) is 9.47 Å². The van der Waals surface area contributed by atoms with Gasteiger partial charge in [0.2, 0.25) is 5.91 Å². The molecule has 3 rings (SSSR count). The monoisotopic (exact) mass is 402 g/mol. The second-order valence-corrected chi connectivity index (χ2v) is 10.0. The van der Waals surface area contributed by atoms with Gasteiger partial charge in [-0.3, -0.25) is 4.79 Å². The molecule has 1 aromatic rings. The number of nitrogens with zero attached hydrogens (tertiary/aromatic N) is 2. The highest BCUT2D eigenvalue weighted by Crippen LogP contribution is 2.41. The summed E-state index contributed by atoms with van der Waals surface area (Å²) in [5.74, 6) is 0.880. The van der Waals surface area contributed by atoms with E-state index in [1.54, 1.807) is 4.90 Å². The van der Waals surface area contributed by atoms with Crippen LogP contribution in [0.3, 0.4) is 0 Å². The maximum absolute atomic E-state index is 13.0. The van der Waals surface area contributed by atoms with Gasteiger partial charge < -0.3 is 19.3 Å². The minimum Gasteiger partial charge on any atom is -0.490 e. The molecule has 0 spiro atoms. The van der Waals surface area contributed by atoms with Gasteiger partial charge in [0.25, 0.3) is 0 Å². The lowest BCUT2D eigenvalue weighted by atomic mass is 9.91. The first kappa shape index (κ1) is 21.5. The molecule has 2 heterocycles. The summed E-state index contributed by atoms with van der Waals surface area (Å²) in [5, 5.41) is 0. The zero-order chi connectivity index (χ0) is 21.6. The van der Waals surface area contributed by atoms with E-state index >= 15 is 0 Å². The number of anilines is 1. The smallest absolute Gasteiger partial charge is 0.410 e. The second-order valence-electron chi connectivity index (χ2n) is 10.0. The Morgan fingerprint density at radius 3 is 2.31 bits per heavy atom. The van der Waals surface area contributed by atoms with Gasteiger partial charge in [-0.1, -0.05) is 20.8 Å². The zero-order valence-electron chi connectivity index (χ0n) is 18.8. The molecule has 0 N–H and O–H groups in total. The molecule has 0 saturated heterocycles. The molecule has 0 atom stereocenters. The summed E-state index contributed by atoms with van der Waals surface area (Å²) in [5.41, 5.74) is 3.42. The van der Waals surface area contributed by atoms with E-state index < -0.39 is 11.0 Å². The van der Waals surface area contributed by atoms with Crippen molar-refractivity contribution < 1.29 is 19.1 Å². The largest absolute Gasteiger partial charge is 0.490 e. The Kier molecular flexibility index (Phi) is 5.58. The van der Waals surface area contributed by atoms with E-state index in [-0.39, 0.29) is 12.0 Å². The number of fused-ring (bicyclic) bond motifs is 2. The van der Waals surface area contributed by atoms with Crippen LogP contribution in [-0.2, 0) is 22.4 Å². The molecule has 2 aliphatic rings. The Morgan fingerprint density at radius 2 is 1.69 bits per heavy atom. The molecule has 6 heteroatoms. The van der Waals surface area contributed by atoms with E-state index in [2.05, 4.69) is 13.0 Å². The third-order valence-electron chi connectivity index (χ3n) is 5.40. The van der Waals surface area contributed by atoms with Crippen molar-refractivity contribution in [1.82, 2.24) is 4.90 Å². The Labute approximate surface area is 174 Å². The Hall–Kier alpha value is -2.24. The summed E-state index contributed by atoms with van der Waals surface area (Å²) in [7, 11) is 0. The fraction of sp³-hybridized carbons (Fsp3) is 0.652. The van der Waals surface area contributed by atoms with Crippen molar-refractivity contribution in [3.8, 4) is 5.75 Å². The Bertz CT molecular complexity index is 818. The molecule has 0 aromatic heterocycles. The lowest BCUT2D eigenvalue weighted by molar-refractivity contribution is -0.126. The fourth-order valence-electron chi connectivity index (χ4n) is 3.99. The topological polar surface area (TPSA) is 59.1 Å². The first-order chi connectivity index (χ1) is 13.4. The number of benzene rings is 1. The van der Waals surface area contributed by atoms with Gasteiger partial charge in [0, 0.05) is 18.5 Å². The summed E-state index contributed by atoms with van der Waals surface area (Å²) >= 11 is 0. The molecule has 0 radical (unpaired) electrons. The van der Waals surface area contributed by atoms with Gasteiger partial charge in [-0.25, -0.2) is 4.79 Å². The van der Waals surface area contributed by atoms with Crippen LogP contribution in [0.2, 0.25) is 0 Å². The summed E-state index contributed by atoms with van der Waals surface area (Å²) < 4.78 is 11.5. The summed E-state index contributed by atoms with van der Waals surface area (Å²) in [4.78, 5) is 29.2. The molecular weight excluding hydrogens is 368 g/mol. The van der Waals surface area contributed by atoms with Crippen molar-refractivity contribution in [2.45, 2.75) is 66.9 Å². The van der Waals surface area contributed by atoms with Crippen molar-refractivity contribution in [1.29, 1.82) is 0 Å². The van der Waals surface area contributed by atoms with Crippen molar-refractivity contribution >= 4 is 17.7 Å². The van der Waals surface area contributed by atoms with Crippen LogP contribution in [0.1, 0.15) is 58.2 Å². The van der Waals surface area contributed by atoms with Gasteiger partial charge in [-0.05, 0) is 63.3 Å². The molecule has 0 fully saturated rings. The lowest BCUT2D eigenvalue weighted by Gasteiger charge is -2.36. The van der Waals surface area contributed by atoms with Crippen molar-refractivity contribution in [3.05, 3.63) is 22.8 Å². The van der Waals surface area contributed by atoms with Crippen LogP contribution >= 0.6 is 0 Å². The lowest BCUT2D eigenvalue weighted by Crippen LogP contribution is -2.44. The first-order valence-corrected chi connectivity index (χ1v) is 10.5. The highest BCUT2D eigenvalue weighted by Gasteiger charge is 2.35. The normalized spacial score (nSPS) is 17.1.